The Labute approximate surface area is 151 Å². The zero-order valence-electron chi connectivity index (χ0n) is 15.5. The lowest BCUT2D eigenvalue weighted by Crippen LogP contribution is -2.41. The third-order valence-corrected chi connectivity index (χ3v) is 4.29. The first-order chi connectivity index (χ1) is 12.4. The maximum atomic E-state index is 13.0. The second-order valence-corrected chi connectivity index (χ2v) is 6.20. The van der Waals surface area contributed by atoms with Crippen molar-refractivity contribution in [1.29, 1.82) is 0 Å². The predicted molar refractivity (Wildman–Crippen MR) is 101 cm³/mol. The normalized spacial score (nSPS) is 10.9. The highest BCUT2D eigenvalue weighted by Gasteiger charge is 2.26. The minimum atomic E-state index is -0.661. The molecule has 142 valence electrons. The third-order valence-electron chi connectivity index (χ3n) is 4.29. The van der Waals surface area contributed by atoms with Crippen LogP contribution in [0.3, 0.4) is 0 Å². The lowest BCUT2D eigenvalue weighted by atomic mass is 10.2. The summed E-state index contributed by atoms with van der Waals surface area (Å²) >= 11 is 0. The number of H-pyrrole nitrogens is 1. The number of aryl methyl sites for hydroxylation is 1. The van der Waals surface area contributed by atoms with Crippen LogP contribution < -0.4 is 21.9 Å². The fourth-order valence-electron chi connectivity index (χ4n) is 2.76. The number of aromatic nitrogens is 2. The Kier molecular flexibility index (Phi) is 6.43. The molecule has 0 fully saturated rings. The van der Waals surface area contributed by atoms with Crippen LogP contribution in [0.1, 0.15) is 55.6 Å². The van der Waals surface area contributed by atoms with Crippen molar-refractivity contribution in [2.45, 2.75) is 53.0 Å². The average Bonchev–Trinajstić information content (AvgIpc) is 3.02. The van der Waals surface area contributed by atoms with E-state index in [1.807, 2.05) is 13.8 Å². The van der Waals surface area contributed by atoms with E-state index in [0.717, 1.165) is 19.3 Å². The molecule has 0 bridgehead atoms. The number of aromatic amines is 1. The Morgan fingerprint density at radius 2 is 1.96 bits per heavy atom. The number of anilines is 2. The van der Waals surface area contributed by atoms with Crippen LogP contribution in [0.4, 0.5) is 11.5 Å². The molecule has 0 radical (unpaired) electrons. The Morgan fingerprint density at radius 1 is 1.27 bits per heavy atom. The lowest BCUT2D eigenvalue weighted by Gasteiger charge is -2.24. The van der Waals surface area contributed by atoms with Gasteiger partial charge in [-0.05, 0) is 25.8 Å². The highest BCUT2D eigenvalue weighted by Crippen LogP contribution is 2.22. The number of nitrogens with zero attached hydrogens (tertiary/aromatic N) is 2. The molecule has 8 heteroatoms. The third kappa shape index (κ3) is 3.89. The van der Waals surface area contributed by atoms with Crippen LogP contribution in [0.15, 0.2) is 26.3 Å². The van der Waals surface area contributed by atoms with Gasteiger partial charge in [-0.25, -0.2) is 4.79 Å². The zero-order chi connectivity index (χ0) is 19.3. The van der Waals surface area contributed by atoms with Gasteiger partial charge in [0.25, 0.3) is 11.5 Å². The van der Waals surface area contributed by atoms with Crippen LogP contribution in [-0.4, -0.2) is 22.0 Å². The number of hydrogen-bond acceptors (Lipinski definition) is 5. The van der Waals surface area contributed by atoms with Gasteiger partial charge in [-0.2, -0.15) is 0 Å². The van der Waals surface area contributed by atoms with Crippen molar-refractivity contribution in [3.8, 4) is 0 Å². The molecule has 0 aliphatic rings. The van der Waals surface area contributed by atoms with Crippen molar-refractivity contribution in [3.63, 3.8) is 0 Å². The minimum Gasteiger partial charge on any atom is -0.469 e. The molecule has 1 amide bonds. The number of carbonyl (C=O) groups excluding carboxylic acids is 1. The quantitative estimate of drug-likeness (QED) is 0.747. The molecule has 0 aromatic carbocycles. The first-order valence-corrected chi connectivity index (χ1v) is 8.90. The number of amides is 1. The summed E-state index contributed by atoms with van der Waals surface area (Å²) in [7, 11) is 0. The van der Waals surface area contributed by atoms with Gasteiger partial charge in [0, 0.05) is 13.1 Å². The second kappa shape index (κ2) is 8.55. The van der Waals surface area contributed by atoms with E-state index in [1.165, 1.54) is 15.7 Å². The summed E-state index contributed by atoms with van der Waals surface area (Å²) in [6.45, 7) is 6.36. The molecule has 2 aromatic rings. The van der Waals surface area contributed by atoms with Crippen LogP contribution in [0.5, 0.6) is 0 Å². The van der Waals surface area contributed by atoms with Crippen molar-refractivity contribution in [2.24, 2.45) is 0 Å². The number of hydrogen-bond donors (Lipinski definition) is 2. The molecule has 0 aliphatic carbocycles. The van der Waals surface area contributed by atoms with E-state index < -0.39 is 11.2 Å². The molecule has 2 aromatic heterocycles. The number of carbonyl (C=O) groups is 1. The lowest BCUT2D eigenvalue weighted by molar-refractivity contribution is 0.0984. The Hall–Kier alpha value is -2.77. The SMILES string of the molecule is CCCCN(C(=O)c1ccoc1C)c1c(N)n(CCCC)c(=O)[nH]c1=O. The van der Waals surface area contributed by atoms with Crippen LogP contribution in [-0.2, 0) is 6.54 Å². The molecule has 2 rings (SSSR count). The van der Waals surface area contributed by atoms with Crippen molar-refractivity contribution in [2.75, 3.05) is 17.2 Å². The van der Waals surface area contributed by atoms with Crippen LogP contribution in [0.2, 0.25) is 0 Å². The van der Waals surface area contributed by atoms with E-state index in [4.69, 9.17) is 10.2 Å². The summed E-state index contributed by atoms with van der Waals surface area (Å²) in [4.78, 5) is 41.2. The molecule has 2 heterocycles. The first kappa shape index (κ1) is 19.6. The summed E-state index contributed by atoms with van der Waals surface area (Å²) in [5, 5.41) is 0. The predicted octanol–water partition coefficient (Wildman–Crippen LogP) is 2.27. The first-order valence-electron chi connectivity index (χ1n) is 8.90. The molecule has 26 heavy (non-hydrogen) atoms. The van der Waals surface area contributed by atoms with E-state index in [1.54, 1.807) is 13.0 Å². The van der Waals surface area contributed by atoms with E-state index in [2.05, 4.69) is 4.98 Å². The topological polar surface area (TPSA) is 114 Å². The highest BCUT2D eigenvalue weighted by molar-refractivity contribution is 6.07. The van der Waals surface area contributed by atoms with Gasteiger partial charge in [-0.3, -0.25) is 19.1 Å². The summed E-state index contributed by atoms with van der Waals surface area (Å²) in [6.07, 6.45) is 4.56. The highest BCUT2D eigenvalue weighted by atomic mass is 16.3. The smallest absolute Gasteiger partial charge is 0.330 e. The number of nitrogens with one attached hydrogen (secondary N) is 1. The number of rotatable bonds is 8. The van der Waals surface area contributed by atoms with Gasteiger partial charge in [-0.15, -0.1) is 0 Å². The van der Waals surface area contributed by atoms with Gasteiger partial charge in [-0.1, -0.05) is 26.7 Å². The van der Waals surface area contributed by atoms with Crippen LogP contribution in [0.25, 0.3) is 0 Å². The number of unbranched alkanes of at least 4 members (excludes halogenated alkanes) is 2. The average molecular weight is 362 g/mol. The molecular formula is C18H26N4O4. The van der Waals surface area contributed by atoms with E-state index in [-0.39, 0.29) is 17.4 Å². The van der Waals surface area contributed by atoms with E-state index in [9.17, 15) is 14.4 Å². The molecule has 0 atom stereocenters. The monoisotopic (exact) mass is 362 g/mol. The maximum Gasteiger partial charge on any atom is 0.330 e. The number of nitrogen functional groups attached to an aromatic ring is 1. The molecular weight excluding hydrogens is 336 g/mol. The molecule has 0 unspecified atom stereocenters. The van der Waals surface area contributed by atoms with Crippen molar-refractivity contribution >= 4 is 17.4 Å². The fraction of sp³-hybridized carbons (Fsp3) is 0.500. The van der Waals surface area contributed by atoms with Crippen LogP contribution >= 0.6 is 0 Å². The molecule has 0 saturated carbocycles. The van der Waals surface area contributed by atoms with Gasteiger partial charge >= 0.3 is 5.69 Å². The van der Waals surface area contributed by atoms with Gasteiger partial charge in [0.15, 0.2) is 5.69 Å². The Bertz CT molecular complexity index is 878. The fourth-order valence-corrected chi connectivity index (χ4v) is 2.76. The number of nitrogens with two attached hydrogens (primary N) is 1. The molecule has 0 spiro atoms. The van der Waals surface area contributed by atoms with Crippen molar-refractivity contribution in [1.82, 2.24) is 9.55 Å². The van der Waals surface area contributed by atoms with Crippen molar-refractivity contribution in [3.05, 3.63) is 44.5 Å². The Balaban J connectivity index is 2.57. The molecule has 8 nitrogen and oxygen atoms in total. The molecule has 3 N–H and O–H groups in total. The van der Waals surface area contributed by atoms with Gasteiger partial charge in [0.2, 0.25) is 0 Å². The van der Waals surface area contributed by atoms with Crippen molar-refractivity contribution < 1.29 is 9.21 Å². The summed E-state index contributed by atoms with van der Waals surface area (Å²) in [5.74, 6) is 0.103. The van der Waals surface area contributed by atoms with Crippen LogP contribution in [0, 0.1) is 6.92 Å². The Morgan fingerprint density at radius 3 is 2.54 bits per heavy atom. The molecule has 0 aliphatic heterocycles. The van der Waals surface area contributed by atoms with Gasteiger partial charge in [0.05, 0.1) is 11.8 Å². The van der Waals surface area contributed by atoms with Gasteiger partial charge < -0.3 is 15.1 Å². The summed E-state index contributed by atoms with van der Waals surface area (Å²) < 4.78 is 6.53. The maximum absolute atomic E-state index is 13.0. The van der Waals surface area contributed by atoms with E-state index in [0.29, 0.717) is 30.8 Å². The second-order valence-electron chi connectivity index (χ2n) is 6.20. The zero-order valence-corrected chi connectivity index (χ0v) is 15.5. The largest absolute Gasteiger partial charge is 0.469 e. The molecule has 0 saturated heterocycles. The van der Waals surface area contributed by atoms with Gasteiger partial charge in [0.1, 0.15) is 11.6 Å². The number of furan rings is 1. The van der Waals surface area contributed by atoms with E-state index >= 15 is 0 Å². The standard InChI is InChI=1S/C18H26N4O4/c1-4-6-9-21(17(24)13-8-11-26-12(13)3)14-15(19)22(10-7-5-2)18(25)20-16(14)23/h8,11H,4-7,9-10,19H2,1-3H3,(H,20,23,25). The summed E-state index contributed by atoms with van der Waals surface area (Å²) in [6, 6.07) is 1.56. The minimum absolute atomic E-state index is 0.0119. The summed E-state index contributed by atoms with van der Waals surface area (Å²) in [5.41, 5.74) is 5.31.